The van der Waals surface area contributed by atoms with Crippen molar-refractivity contribution in [3.8, 4) is 11.1 Å². The van der Waals surface area contributed by atoms with Gasteiger partial charge in [-0.1, -0.05) is 18.0 Å². The summed E-state index contributed by atoms with van der Waals surface area (Å²) in [6.07, 6.45) is 2.36. The van der Waals surface area contributed by atoms with E-state index in [4.69, 9.17) is 9.26 Å². The molecule has 11 heteroatoms. The number of H-pyrrole nitrogens is 1. The summed E-state index contributed by atoms with van der Waals surface area (Å²) in [7, 11) is -2.50. The molecule has 0 bridgehead atoms. The molecule has 0 saturated heterocycles. The zero-order valence-electron chi connectivity index (χ0n) is 17.0. The van der Waals surface area contributed by atoms with E-state index in [1.165, 1.54) is 7.11 Å². The van der Waals surface area contributed by atoms with E-state index in [0.717, 1.165) is 31.2 Å². The largest absolute Gasteiger partial charge is 0.361 e. The van der Waals surface area contributed by atoms with Crippen LogP contribution in [0.25, 0.3) is 22.2 Å². The second kappa shape index (κ2) is 7.99. The Morgan fingerprint density at radius 2 is 2.03 bits per heavy atom. The maximum atomic E-state index is 13.3. The summed E-state index contributed by atoms with van der Waals surface area (Å²) in [5.41, 5.74) is 2.79. The molecule has 3 aromatic rings. The fraction of sp³-hybridized carbons (Fsp3) is 0.474. The first kappa shape index (κ1) is 20.8. The highest BCUT2D eigenvalue weighted by molar-refractivity contribution is 7.89. The van der Waals surface area contributed by atoms with Crippen LogP contribution in [0.4, 0.5) is 5.95 Å². The number of aliphatic hydroxyl groups excluding tert-OH is 1. The predicted molar refractivity (Wildman–Crippen MR) is 110 cm³/mol. The molecule has 30 heavy (non-hydrogen) atoms. The maximum absolute atomic E-state index is 13.3. The lowest BCUT2D eigenvalue weighted by Gasteiger charge is -2.14. The molecule has 0 spiro atoms. The van der Waals surface area contributed by atoms with Gasteiger partial charge in [0.2, 0.25) is 22.4 Å². The molecule has 10 nitrogen and oxygen atoms in total. The lowest BCUT2D eigenvalue weighted by molar-refractivity contribution is -0.0514. The van der Waals surface area contributed by atoms with Crippen molar-refractivity contribution in [3.63, 3.8) is 0 Å². The molecule has 1 fully saturated rings. The van der Waals surface area contributed by atoms with Crippen LogP contribution in [-0.4, -0.2) is 48.2 Å². The molecule has 4 rings (SSSR count). The van der Waals surface area contributed by atoms with E-state index in [9.17, 15) is 13.5 Å². The number of methoxy groups -OCH3 is 1. The van der Waals surface area contributed by atoms with Crippen molar-refractivity contribution in [2.45, 2.75) is 56.9 Å². The average molecular weight is 436 g/mol. The van der Waals surface area contributed by atoms with Gasteiger partial charge in [0.25, 0.3) is 0 Å². The summed E-state index contributed by atoms with van der Waals surface area (Å²) in [4.78, 5) is 7.40. The first-order chi connectivity index (χ1) is 14.3. The predicted octanol–water partition coefficient (Wildman–Crippen LogP) is 2.39. The Hall–Kier alpha value is -2.47. The second-order valence-electron chi connectivity index (χ2n) is 7.49. The summed E-state index contributed by atoms with van der Waals surface area (Å²) in [5, 5.41) is 16.3. The highest BCUT2D eigenvalue weighted by Crippen LogP contribution is 2.34. The van der Waals surface area contributed by atoms with Gasteiger partial charge in [0, 0.05) is 18.7 Å². The van der Waals surface area contributed by atoms with Crippen LogP contribution in [0.15, 0.2) is 21.6 Å². The number of aryl methyl sites for hydroxylation is 2. The molecule has 1 aliphatic rings. The summed E-state index contributed by atoms with van der Waals surface area (Å²) in [6.45, 7) is 3.58. The molecule has 1 unspecified atom stereocenters. The highest BCUT2D eigenvalue weighted by atomic mass is 32.2. The molecule has 0 radical (unpaired) electrons. The Morgan fingerprint density at radius 3 is 2.67 bits per heavy atom. The van der Waals surface area contributed by atoms with Crippen molar-refractivity contribution >= 4 is 27.0 Å². The minimum Gasteiger partial charge on any atom is -0.361 e. The number of ether oxygens (including phenoxy) is 1. The standard InChI is InChI=1S/C19H25N5O5S/c1-10-16(11(2)29-23-10)12-8-14-17(21-18(20-14)22-19(25)28-3)15(9-12)30(26,27)24-13-6-4-5-7-13/h8-9,13,19,24-25H,4-7H2,1-3H3,(H2,20,21,22). The van der Waals surface area contributed by atoms with Gasteiger partial charge < -0.3 is 24.7 Å². The lowest BCUT2D eigenvalue weighted by Crippen LogP contribution is -2.32. The number of aliphatic hydroxyl groups is 1. The number of imidazole rings is 1. The van der Waals surface area contributed by atoms with Crippen molar-refractivity contribution in [3.05, 3.63) is 23.6 Å². The van der Waals surface area contributed by atoms with Gasteiger partial charge in [-0.05, 0) is 44.4 Å². The van der Waals surface area contributed by atoms with Gasteiger partial charge in [-0.25, -0.2) is 18.1 Å². The van der Waals surface area contributed by atoms with Crippen molar-refractivity contribution in [2.75, 3.05) is 12.4 Å². The number of aromatic nitrogens is 3. The first-order valence-corrected chi connectivity index (χ1v) is 11.2. The van der Waals surface area contributed by atoms with Crippen LogP contribution in [-0.2, 0) is 14.8 Å². The number of hydrogen-bond acceptors (Lipinski definition) is 8. The fourth-order valence-electron chi connectivity index (χ4n) is 3.90. The van der Waals surface area contributed by atoms with Gasteiger partial charge in [0.15, 0.2) is 0 Å². The first-order valence-electron chi connectivity index (χ1n) is 9.75. The number of benzene rings is 1. The van der Waals surface area contributed by atoms with Crippen LogP contribution in [0.2, 0.25) is 0 Å². The van der Waals surface area contributed by atoms with Gasteiger partial charge in [0.05, 0.1) is 11.2 Å². The number of aromatic amines is 1. The van der Waals surface area contributed by atoms with E-state index in [2.05, 4.69) is 25.2 Å². The van der Waals surface area contributed by atoms with Crippen LogP contribution in [0.5, 0.6) is 0 Å². The van der Waals surface area contributed by atoms with Gasteiger partial charge in [0.1, 0.15) is 16.2 Å². The lowest BCUT2D eigenvalue weighted by atomic mass is 10.0. The molecule has 1 aliphatic carbocycles. The van der Waals surface area contributed by atoms with Gasteiger partial charge in [-0.15, -0.1) is 0 Å². The molecular weight excluding hydrogens is 410 g/mol. The van der Waals surface area contributed by atoms with Crippen molar-refractivity contribution < 1.29 is 22.8 Å². The monoisotopic (exact) mass is 435 g/mol. The van der Waals surface area contributed by atoms with E-state index in [1.807, 2.05) is 0 Å². The molecule has 4 N–H and O–H groups in total. The van der Waals surface area contributed by atoms with Crippen molar-refractivity contribution in [1.82, 2.24) is 19.8 Å². The summed E-state index contributed by atoms with van der Waals surface area (Å²) >= 11 is 0. The molecule has 0 amide bonds. The third-order valence-electron chi connectivity index (χ3n) is 5.32. The van der Waals surface area contributed by atoms with Crippen LogP contribution in [0.1, 0.15) is 37.1 Å². The molecule has 0 aliphatic heterocycles. The van der Waals surface area contributed by atoms with Gasteiger partial charge >= 0.3 is 0 Å². The van der Waals surface area contributed by atoms with E-state index in [1.54, 1.807) is 26.0 Å². The number of rotatable bonds is 7. The highest BCUT2D eigenvalue weighted by Gasteiger charge is 2.27. The Morgan fingerprint density at radius 1 is 1.30 bits per heavy atom. The van der Waals surface area contributed by atoms with E-state index < -0.39 is 16.4 Å². The van der Waals surface area contributed by atoms with Crippen LogP contribution >= 0.6 is 0 Å². The van der Waals surface area contributed by atoms with Gasteiger partial charge in [-0.2, -0.15) is 0 Å². The smallest absolute Gasteiger partial charge is 0.243 e. The molecule has 1 atom stereocenters. The normalized spacial score (nSPS) is 16.4. The number of fused-ring (bicyclic) bond motifs is 1. The van der Waals surface area contributed by atoms with E-state index in [-0.39, 0.29) is 22.4 Å². The van der Waals surface area contributed by atoms with Gasteiger partial charge in [-0.3, -0.25) is 0 Å². The zero-order valence-corrected chi connectivity index (χ0v) is 17.8. The minimum atomic E-state index is -3.84. The number of nitrogens with one attached hydrogen (secondary N) is 3. The Balaban J connectivity index is 1.86. The SMILES string of the molecule is COC(O)Nc1nc2c(S(=O)(=O)NC3CCCC3)cc(-c3c(C)noc3C)cc2[nH]1. The summed E-state index contributed by atoms with van der Waals surface area (Å²) < 4.78 is 39.4. The van der Waals surface area contributed by atoms with Crippen LogP contribution in [0.3, 0.4) is 0 Å². The minimum absolute atomic E-state index is 0.0538. The summed E-state index contributed by atoms with van der Waals surface area (Å²) in [5.74, 6) is 0.777. The maximum Gasteiger partial charge on any atom is 0.243 e. The molecule has 1 saturated carbocycles. The van der Waals surface area contributed by atoms with Crippen molar-refractivity contribution in [2.24, 2.45) is 0 Å². The molecule has 1 aromatic carbocycles. The molecule has 162 valence electrons. The summed E-state index contributed by atoms with van der Waals surface area (Å²) in [6, 6.07) is 3.29. The molecule has 2 heterocycles. The third-order valence-corrected chi connectivity index (χ3v) is 6.86. The second-order valence-corrected chi connectivity index (χ2v) is 9.17. The Bertz CT molecular complexity index is 1140. The van der Waals surface area contributed by atoms with Crippen molar-refractivity contribution in [1.29, 1.82) is 0 Å². The Kier molecular flexibility index (Phi) is 5.53. The van der Waals surface area contributed by atoms with Crippen LogP contribution < -0.4 is 10.0 Å². The molecular formula is C19H25N5O5S. The number of anilines is 1. The average Bonchev–Trinajstić information content (AvgIpc) is 3.41. The number of nitrogens with zero attached hydrogens (tertiary/aromatic N) is 2. The zero-order chi connectivity index (χ0) is 21.5. The topological polar surface area (TPSA) is 142 Å². The Labute approximate surface area is 174 Å². The third kappa shape index (κ3) is 3.93. The van der Waals surface area contributed by atoms with E-state index >= 15 is 0 Å². The van der Waals surface area contributed by atoms with E-state index in [0.29, 0.717) is 22.5 Å². The number of sulfonamides is 1. The molecule has 2 aromatic heterocycles. The fourth-order valence-corrected chi connectivity index (χ4v) is 5.39. The quantitative estimate of drug-likeness (QED) is 0.414. The van der Waals surface area contributed by atoms with Crippen LogP contribution in [0, 0.1) is 13.8 Å². The number of hydrogen-bond donors (Lipinski definition) is 4.